The van der Waals surface area contributed by atoms with E-state index in [0.717, 1.165) is 0 Å². The lowest BCUT2D eigenvalue weighted by Gasteiger charge is -2.02. The van der Waals surface area contributed by atoms with Crippen LogP contribution >= 0.6 is 11.8 Å². The number of hydrogen-bond acceptors (Lipinski definition) is 4. The molecule has 1 atom stereocenters. The fourth-order valence-corrected chi connectivity index (χ4v) is 2.01. The van der Waals surface area contributed by atoms with Crippen LogP contribution in [-0.4, -0.2) is 33.9 Å². The van der Waals surface area contributed by atoms with Crippen molar-refractivity contribution < 1.29 is 19.5 Å². The number of imide groups is 1. The molecule has 72 valence electrons. The molecule has 6 heteroatoms. The van der Waals surface area contributed by atoms with Gasteiger partial charge in [-0.15, -0.1) is 11.8 Å². The minimum atomic E-state index is -0.891. The summed E-state index contributed by atoms with van der Waals surface area (Å²) >= 11 is 1.21. The lowest BCUT2D eigenvalue weighted by molar-refractivity contribution is -0.136. The molecular weight excluding hydrogens is 194 g/mol. The molecule has 13 heavy (non-hydrogen) atoms. The zero-order valence-electron chi connectivity index (χ0n) is 6.78. The Morgan fingerprint density at radius 3 is 2.77 bits per heavy atom. The van der Waals surface area contributed by atoms with Gasteiger partial charge in [-0.1, -0.05) is 0 Å². The van der Waals surface area contributed by atoms with Crippen molar-refractivity contribution in [1.29, 1.82) is 0 Å². The Morgan fingerprint density at radius 2 is 2.31 bits per heavy atom. The summed E-state index contributed by atoms with van der Waals surface area (Å²) in [5.74, 6) is -1.11. The molecule has 0 aliphatic carbocycles. The van der Waals surface area contributed by atoms with Crippen molar-refractivity contribution in [3.05, 3.63) is 0 Å². The molecule has 0 radical (unpaired) electrons. The fraction of sp³-hybridized carbons (Fsp3) is 0.571. The van der Waals surface area contributed by atoms with Gasteiger partial charge in [-0.3, -0.25) is 19.7 Å². The molecule has 1 fully saturated rings. The number of thioether (sulfide) groups is 1. The van der Waals surface area contributed by atoms with Crippen molar-refractivity contribution in [2.75, 3.05) is 5.75 Å². The van der Waals surface area contributed by atoms with Crippen molar-refractivity contribution in [2.24, 2.45) is 0 Å². The molecule has 2 N–H and O–H groups in total. The SMILES string of the molecule is O=C(O)CCSC1CC(=O)NC1=O. The Labute approximate surface area is 78.9 Å². The number of rotatable bonds is 4. The van der Waals surface area contributed by atoms with Crippen molar-refractivity contribution in [1.82, 2.24) is 5.32 Å². The van der Waals surface area contributed by atoms with Gasteiger partial charge in [0.15, 0.2) is 0 Å². The number of carbonyl (C=O) groups excluding carboxylic acids is 2. The summed E-state index contributed by atoms with van der Waals surface area (Å²) in [6.07, 6.45) is 0.186. The Balaban J connectivity index is 2.26. The molecule has 1 aliphatic heterocycles. The Morgan fingerprint density at radius 1 is 1.62 bits per heavy atom. The van der Waals surface area contributed by atoms with Gasteiger partial charge in [-0.25, -0.2) is 0 Å². The average molecular weight is 203 g/mol. The van der Waals surface area contributed by atoms with Gasteiger partial charge in [-0.2, -0.15) is 0 Å². The number of hydrogen-bond donors (Lipinski definition) is 2. The van der Waals surface area contributed by atoms with E-state index in [9.17, 15) is 14.4 Å². The molecular formula is C7H9NO4S. The van der Waals surface area contributed by atoms with E-state index in [1.54, 1.807) is 0 Å². The summed E-state index contributed by atoms with van der Waals surface area (Å²) < 4.78 is 0. The third-order valence-corrected chi connectivity index (χ3v) is 2.78. The van der Waals surface area contributed by atoms with Gasteiger partial charge in [0.2, 0.25) is 11.8 Å². The first-order chi connectivity index (χ1) is 6.09. The number of aliphatic carboxylic acids is 1. The number of carboxylic acid groups (broad SMARTS) is 1. The third-order valence-electron chi connectivity index (χ3n) is 1.56. The molecule has 0 aromatic heterocycles. The van der Waals surface area contributed by atoms with E-state index in [2.05, 4.69) is 5.32 Å². The van der Waals surface area contributed by atoms with Gasteiger partial charge in [0, 0.05) is 12.2 Å². The smallest absolute Gasteiger partial charge is 0.304 e. The molecule has 2 amide bonds. The van der Waals surface area contributed by atoms with E-state index in [-0.39, 0.29) is 24.7 Å². The van der Waals surface area contributed by atoms with Crippen LogP contribution in [0.3, 0.4) is 0 Å². The van der Waals surface area contributed by atoms with E-state index in [0.29, 0.717) is 5.75 Å². The minimum absolute atomic E-state index is 0.0165. The maximum absolute atomic E-state index is 11.0. The highest BCUT2D eigenvalue weighted by Crippen LogP contribution is 2.19. The first-order valence-corrected chi connectivity index (χ1v) is 4.81. The molecule has 5 nitrogen and oxygen atoms in total. The van der Waals surface area contributed by atoms with Crippen LogP contribution in [0.25, 0.3) is 0 Å². The summed E-state index contributed by atoms with van der Waals surface area (Å²) in [5.41, 5.74) is 0. The van der Waals surface area contributed by atoms with Crippen LogP contribution in [0.2, 0.25) is 0 Å². The van der Waals surface area contributed by atoms with Crippen LogP contribution in [0.1, 0.15) is 12.8 Å². The second kappa shape index (κ2) is 4.27. The zero-order chi connectivity index (χ0) is 9.84. The normalized spacial score (nSPS) is 21.7. The number of amides is 2. The molecule has 0 aromatic rings. The monoisotopic (exact) mass is 203 g/mol. The van der Waals surface area contributed by atoms with E-state index in [1.165, 1.54) is 11.8 Å². The highest BCUT2D eigenvalue weighted by Gasteiger charge is 2.30. The van der Waals surface area contributed by atoms with E-state index >= 15 is 0 Å². The summed E-state index contributed by atoms with van der Waals surface area (Å²) in [6, 6.07) is 0. The Bertz CT molecular complexity index is 253. The summed E-state index contributed by atoms with van der Waals surface area (Å²) in [5, 5.41) is 10.1. The second-order valence-electron chi connectivity index (χ2n) is 2.62. The molecule has 0 bridgehead atoms. The van der Waals surface area contributed by atoms with E-state index < -0.39 is 11.2 Å². The third kappa shape index (κ3) is 3.06. The summed E-state index contributed by atoms with van der Waals surface area (Å²) in [6.45, 7) is 0. The second-order valence-corrected chi connectivity index (χ2v) is 3.93. The molecule has 1 unspecified atom stereocenters. The van der Waals surface area contributed by atoms with Crippen molar-refractivity contribution in [3.63, 3.8) is 0 Å². The van der Waals surface area contributed by atoms with Gasteiger partial charge in [0.25, 0.3) is 0 Å². The van der Waals surface area contributed by atoms with Crippen LogP contribution in [0, 0.1) is 0 Å². The van der Waals surface area contributed by atoms with Crippen molar-refractivity contribution in [3.8, 4) is 0 Å². The molecule has 0 saturated carbocycles. The fourth-order valence-electron chi connectivity index (χ4n) is 0.953. The number of carbonyl (C=O) groups is 3. The van der Waals surface area contributed by atoms with Crippen LogP contribution < -0.4 is 5.32 Å². The molecule has 1 heterocycles. The maximum Gasteiger partial charge on any atom is 0.304 e. The van der Waals surface area contributed by atoms with Gasteiger partial charge in [0.1, 0.15) is 0 Å². The molecule has 0 aromatic carbocycles. The van der Waals surface area contributed by atoms with Crippen LogP contribution in [0.15, 0.2) is 0 Å². The molecule has 1 saturated heterocycles. The predicted molar refractivity (Wildman–Crippen MR) is 46.3 cm³/mol. The van der Waals surface area contributed by atoms with E-state index in [4.69, 9.17) is 5.11 Å². The van der Waals surface area contributed by atoms with Crippen LogP contribution in [0.5, 0.6) is 0 Å². The molecule has 1 aliphatic rings. The highest BCUT2D eigenvalue weighted by atomic mass is 32.2. The maximum atomic E-state index is 11.0. The van der Waals surface area contributed by atoms with Gasteiger partial charge in [-0.05, 0) is 0 Å². The lowest BCUT2D eigenvalue weighted by Crippen LogP contribution is -2.23. The van der Waals surface area contributed by atoms with E-state index in [1.807, 2.05) is 0 Å². The van der Waals surface area contributed by atoms with Gasteiger partial charge >= 0.3 is 5.97 Å². The van der Waals surface area contributed by atoms with Crippen LogP contribution in [0.4, 0.5) is 0 Å². The number of nitrogens with one attached hydrogen (secondary N) is 1. The standard InChI is InChI=1S/C7H9NO4S/c9-5-3-4(7(12)8-5)13-2-1-6(10)11/h4H,1-3H2,(H,10,11)(H,8,9,12). The topological polar surface area (TPSA) is 83.5 Å². The van der Waals surface area contributed by atoms with Crippen LogP contribution in [-0.2, 0) is 14.4 Å². The minimum Gasteiger partial charge on any atom is -0.481 e. The average Bonchev–Trinajstić information content (AvgIpc) is 2.29. The number of carboxylic acids is 1. The first-order valence-electron chi connectivity index (χ1n) is 3.76. The summed E-state index contributed by atoms with van der Waals surface area (Å²) in [7, 11) is 0. The first kappa shape index (κ1) is 10.0. The highest BCUT2D eigenvalue weighted by molar-refractivity contribution is 8.00. The Hall–Kier alpha value is -1.04. The molecule has 1 rings (SSSR count). The largest absolute Gasteiger partial charge is 0.481 e. The van der Waals surface area contributed by atoms with Crippen molar-refractivity contribution in [2.45, 2.75) is 18.1 Å². The molecule has 0 spiro atoms. The van der Waals surface area contributed by atoms with Crippen molar-refractivity contribution >= 4 is 29.5 Å². The summed E-state index contributed by atoms with van der Waals surface area (Å²) in [4.78, 5) is 31.8. The quantitative estimate of drug-likeness (QED) is 0.608. The predicted octanol–water partition coefficient (Wildman–Crippen LogP) is -0.391. The Kier molecular flexibility index (Phi) is 3.30. The zero-order valence-corrected chi connectivity index (χ0v) is 7.60. The lowest BCUT2D eigenvalue weighted by atomic mass is 10.4. The van der Waals surface area contributed by atoms with Gasteiger partial charge < -0.3 is 5.11 Å². The van der Waals surface area contributed by atoms with Gasteiger partial charge in [0.05, 0.1) is 11.7 Å².